The van der Waals surface area contributed by atoms with E-state index in [4.69, 9.17) is 4.98 Å². The van der Waals surface area contributed by atoms with Gasteiger partial charge < -0.3 is 10.4 Å². The van der Waals surface area contributed by atoms with Crippen molar-refractivity contribution in [3.8, 4) is 17.1 Å². The molecule has 0 saturated heterocycles. The molecule has 1 atom stereocenters. The summed E-state index contributed by atoms with van der Waals surface area (Å²) in [5, 5.41) is 13.0. The lowest BCUT2D eigenvalue weighted by Crippen LogP contribution is -2.25. The Kier molecular flexibility index (Phi) is 3.65. The Hall–Kier alpha value is -1.94. The van der Waals surface area contributed by atoms with Gasteiger partial charge in [0.05, 0.1) is 0 Å². The fourth-order valence-electron chi connectivity index (χ4n) is 2.79. The molecule has 1 unspecified atom stereocenters. The van der Waals surface area contributed by atoms with E-state index in [1.165, 1.54) is 5.56 Å². The SMILES string of the molecule is CCNC1CCCc2nc(-c3cccc(O)c3)ncc21. The second kappa shape index (κ2) is 5.59. The highest BCUT2D eigenvalue weighted by Gasteiger charge is 2.21. The minimum atomic E-state index is 0.245. The summed E-state index contributed by atoms with van der Waals surface area (Å²) in [6.07, 6.45) is 5.25. The first-order valence-electron chi connectivity index (χ1n) is 7.16. The molecule has 1 aliphatic rings. The lowest BCUT2D eigenvalue weighted by Gasteiger charge is -2.25. The van der Waals surface area contributed by atoms with Gasteiger partial charge in [-0.05, 0) is 37.9 Å². The predicted octanol–water partition coefficient (Wildman–Crippen LogP) is 2.84. The van der Waals surface area contributed by atoms with Crippen molar-refractivity contribution in [1.82, 2.24) is 15.3 Å². The van der Waals surface area contributed by atoms with E-state index in [2.05, 4.69) is 17.2 Å². The molecule has 3 rings (SSSR count). The third-order valence-corrected chi connectivity index (χ3v) is 3.74. The summed E-state index contributed by atoms with van der Waals surface area (Å²) < 4.78 is 0. The number of phenols is 1. The summed E-state index contributed by atoms with van der Waals surface area (Å²) in [6, 6.07) is 7.47. The number of hydrogen-bond donors (Lipinski definition) is 2. The minimum absolute atomic E-state index is 0.245. The van der Waals surface area contributed by atoms with Gasteiger partial charge in [0, 0.05) is 29.1 Å². The molecule has 0 fully saturated rings. The van der Waals surface area contributed by atoms with Crippen molar-refractivity contribution >= 4 is 0 Å². The summed E-state index contributed by atoms with van der Waals surface area (Å²) in [7, 11) is 0. The first-order chi connectivity index (χ1) is 9.78. The largest absolute Gasteiger partial charge is 0.508 e. The molecule has 4 nitrogen and oxygen atoms in total. The first-order valence-corrected chi connectivity index (χ1v) is 7.16. The molecule has 1 aromatic heterocycles. The number of aryl methyl sites for hydroxylation is 1. The maximum Gasteiger partial charge on any atom is 0.159 e. The van der Waals surface area contributed by atoms with Gasteiger partial charge in [0.1, 0.15) is 5.75 Å². The molecular formula is C16H19N3O. The Balaban J connectivity index is 1.97. The molecule has 2 aromatic rings. The van der Waals surface area contributed by atoms with E-state index in [0.29, 0.717) is 11.9 Å². The monoisotopic (exact) mass is 269 g/mol. The quantitative estimate of drug-likeness (QED) is 0.899. The molecule has 0 spiro atoms. The number of rotatable bonds is 3. The topological polar surface area (TPSA) is 58.0 Å². The summed E-state index contributed by atoms with van der Waals surface area (Å²) in [4.78, 5) is 9.17. The lowest BCUT2D eigenvalue weighted by molar-refractivity contribution is 0.464. The molecule has 4 heteroatoms. The molecule has 1 aromatic carbocycles. The molecule has 20 heavy (non-hydrogen) atoms. The van der Waals surface area contributed by atoms with Gasteiger partial charge in [-0.1, -0.05) is 19.1 Å². The van der Waals surface area contributed by atoms with Crippen LogP contribution in [0.5, 0.6) is 5.75 Å². The average molecular weight is 269 g/mol. The van der Waals surface area contributed by atoms with Crippen molar-refractivity contribution in [2.45, 2.75) is 32.2 Å². The third-order valence-electron chi connectivity index (χ3n) is 3.74. The second-order valence-electron chi connectivity index (χ2n) is 5.15. The molecule has 0 bridgehead atoms. The van der Waals surface area contributed by atoms with Crippen LogP contribution in [0.15, 0.2) is 30.5 Å². The molecule has 1 heterocycles. The Morgan fingerprint density at radius 3 is 3.10 bits per heavy atom. The van der Waals surface area contributed by atoms with Crippen LogP contribution in [0.2, 0.25) is 0 Å². The number of aromatic nitrogens is 2. The maximum absolute atomic E-state index is 9.56. The molecule has 1 aliphatic carbocycles. The fourth-order valence-corrected chi connectivity index (χ4v) is 2.79. The maximum atomic E-state index is 9.56. The number of hydrogen-bond acceptors (Lipinski definition) is 4. The standard InChI is InChI=1S/C16H19N3O/c1-2-17-14-7-4-8-15-13(14)10-18-16(19-15)11-5-3-6-12(20)9-11/h3,5-6,9-10,14,17,20H,2,4,7-8H2,1H3. The Bertz CT molecular complexity index is 612. The van der Waals surface area contributed by atoms with E-state index >= 15 is 0 Å². The highest BCUT2D eigenvalue weighted by atomic mass is 16.3. The Morgan fingerprint density at radius 1 is 1.40 bits per heavy atom. The molecular weight excluding hydrogens is 250 g/mol. The van der Waals surface area contributed by atoms with Crippen molar-refractivity contribution < 1.29 is 5.11 Å². The van der Waals surface area contributed by atoms with Crippen LogP contribution in [0.3, 0.4) is 0 Å². The van der Waals surface area contributed by atoms with Gasteiger partial charge in [-0.3, -0.25) is 0 Å². The fraction of sp³-hybridized carbons (Fsp3) is 0.375. The number of aromatic hydroxyl groups is 1. The molecule has 0 saturated carbocycles. The molecule has 0 radical (unpaired) electrons. The van der Waals surface area contributed by atoms with E-state index < -0.39 is 0 Å². The number of phenolic OH excluding ortho intramolecular Hbond substituents is 1. The number of fused-ring (bicyclic) bond motifs is 1. The van der Waals surface area contributed by atoms with Crippen molar-refractivity contribution in [3.63, 3.8) is 0 Å². The van der Waals surface area contributed by atoms with Crippen LogP contribution < -0.4 is 5.32 Å². The van der Waals surface area contributed by atoms with Crippen molar-refractivity contribution in [1.29, 1.82) is 0 Å². The van der Waals surface area contributed by atoms with Gasteiger partial charge in [-0.15, -0.1) is 0 Å². The second-order valence-corrected chi connectivity index (χ2v) is 5.15. The summed E-state index contributed by atoms with van der Waals surface area (Å²) >= 11 is 0. The minimum Gasteiger partial charge on any atom is -0.508 e. The molecule has 0 amide bonds. The van der Waals surface area contributed by atoms with E-state index in [0.717, 1.165) is 37.1 Å². The van der Waals surface area contributed by atoms with Gasteiger partial charge in [0.15, 0.2) is 5.82 Å². The predicted molar refractivity (Wildman–Crippen MR) is 78.5 cm³/mol. The Labute approximate surface area is 118 Å². The van der Waals surface area contributed by atoms with Crippen LogP contribution in [-0.2, 0) is 6.42 Å². The number of benzene rings is 1. The molecule has 2 N–H and O–H groups in total. The average Bonchev–Trinajstić information content (AvgIpc) is 2.47. The lowest BCUT2D eigenvalue weighted by atomic mass is 9.92. The van der Waals surface area contributed by atoms with Gasteiger partial charge in [-0.2, -0.15) is 0 Å². The molecule has 0 aliphatic heterocycles. The van der Waals surface area contributed by atoms with Crippen LogP contribution in [0.4, 0.5) is 0 Å². The van der Waals surface area contributed by atoms with Gasteiger partial charge in [0.25, 0.3) is 0 Å². The van der Waals surface area contributed by atoms with Crippen LogP contribution in [0.1, 0.15) is 37.1 Å². The van der Waals surface area contributed by atoms with Gasteiger partial charge >= 0.3 is 0 Å². The van der Waals surface area contributed by atoms with E-state index in [9.17, 15) is 5.11 Å². The van der Waals surface area contributed by atoms with Gasteiger partial charge in [0.2, 0.25) is 0 Å². The zero-order chi connectivity index (χ0) is 13.9. The third kappa shape index (κ3) is 2.51. The summed E-state index contributed by atoms with van der Waals surface area (Å²) in [5.41, 5.74) is 3.22. The zero-order valence-electron chi connectivity index (χ0n) is 11.6. The van der Waals surface area contributed by atoms with Crippen molar-refractivity contribution in [2.75, 3.05) is 6.54 Å². The van der Waals surface area contributed by atoms with Crippen LogP contribution >= 0.6 is 0 Å². The zero-order valence-corrected chi connectivity index (χ0v) is 11.6. The van der Waals surface area contributed by atoms with Crippen molar-refractivity contribution in [3.05, 3.63) is 41.7 Å². The van der Waals surface area contributed by atoms with Crippen LogP contribution in [0.25, 0.3) is 11.4 Å². The van der Waals surface area contributed by atoms with E-state index in [1.807, 2.05) is 18.3 Å². The first kappa shape index (κ1) is 13.1. The van der Waals surface area contributed by atoms with Crippen LogP contribution in [0, 0.1) is 0 Å². The highest BCUT2D eigenvalue weighted by molar-refractivity contribution is 5.57. The van der Waals surface area contributed by atoms with Crippen molar-refractivity contribution in [2.24, 2.45) is 0 Å². The summed E-state index contributed by atoms with van der Waals surface area (Å²) in [5.74, 6) is 0.936. The molecule has 104 valence electrons. The Morgan fingerprint density at radius 2 is 2.30 bits per heavy atom. The van der Waals surface area contributed by atoms with E-state index in [1.54, 1.807) is 12.1 Å². The van der Waals surface area contributed by atoms with E-state index in [-0.39, 0.29) is 5.75 Å². The van der Waals surface area contributed by atoms with Gasteiger partial charge in [-0.25, -0.2) is 9.97 Å². The normalized spacial score (nSPS) is 17.8. The number of nitrogens with zero attached hydrogens (tertiary/aromatic N) is 2. The van der Waals surface area contributed by atoms with Crippen LogP contribution in [-0.4, -0.2) is 21.6 Å². The highest BCUT2D eigenvalue weighted by Crippen LogP contribution is 2.29. The number of nitrogens with one attached hydrogen (secondary N) is 1. The summed E-state index contributed by atoms with van der Waals surface area (Å²) in [6.45, 7) is 3.08. The smallest absolute Gasteiger partial charge is 0.159 e.